The van der Waals surface area contributed by atoms with Crippen molar-refractivity contribution in [2.24, 2.45) is 13.0 Å². The number of pyridine rings is 1. The molecule has 33 heavy (non-hydrogen) atoms. The summed E-state index contributed by atoms with van der Waals surface area (Å²) in [5, 5.41) is 18.2. The second kappa shape index (κ2) is 8.14. The number of fused-ring (bicyclic) bond motifs is 1. The Morgan fingerprint density at radius 1 is 1.12 bits per heavy atom. The second-order valence-electron chi connectivity index (χ2n) is 8.00. The van der Waals surface area contributed by atoms with E-state index in [4.69, 9.17) is 0 Å². The molecule has 0 spiro atoms. The van der Waals surface area contributed by atoms with E-state index in [9.17, 15) is 10.1 Å². The third-order valence-corrected chi connectivity index (χ3v) is 5.75. The van der Waals surface area contributed by atoms with Gasteiger partial charge in [-0.2, -0.15) is 15.5 Å². The first-order valence-corrected chi connectivity index (χ1v) is 10.5. The zero-order valence-corrected chi connectivity index (χ0v) is 18.1. The zero-order chi connectivity index (χ0) is 22.9. The van der Waals surface area contributed by atoms with Crippen molar-refractivity contribution in [3.8, 4) is 40.2 Å². The van der Waals surface area contributed by atoms with Gasteiger partial charge >= 0.3 is 0 Å². The van der Waals surface area contributed by atoms with Crippen LogP contribution in [0.25, 0.3) is 27.8 Å². The maximum Gasteiger partial charge on any atom is 0.246 e. The predicted octanol–water partition coefficient (Wildman–Crippen LogP) is 3.27. The Morgan fingerprint density at radius 2 is 1.91 bits per heavy atom. The minimum atomic E-state index is -0.0474. The van der Waals surface area contributed by atoms with Crippen molar-refractivity contribution in [2.75, 3.05) is 13.1 Å². The van der Waals surface area contributed by atoms with Gasteiger partial charge in [-0.05, 0) is 29.8 Å². The van der Waals surface area contributed by atoms with E-state index in [1.165, 1.54) is 6.08 Å². The molecule has 0 aliphatic carbocycles. The fraction of sp³-hybridized carbons (Fsp3) is 0.154. The molecular weight excluding hydrogens is 412 g/mol. The van der Waals surface area contributed by atoms with Crippen molar-refractivity contribution < 1.29 is 4.79 Å². The van der Waals surface area contributed by atoms with Crippen molar-refractivity contribution in [2.45, 2.75) is 0 Å². The van der Waals surface area contributed by atoms with Gasteiger partial charge < -0.3 is 4.90 Å². The van der Waals surface area contributed by atoms with Crippen LogP contribution in [0.2, 0.25) is 0 Å². The number of hydrogen-bond acceptors (Lipinski definition) is 4. The molecule has 0 radical (unpaired) electrons. The predicted molar refractivity (Wildman–Crippen MR) is 125 cm³/mol. The molecule has 1 amide bonds. The minimum absolute atomic E-state index is 0.0474. The number of rotatable bonds is 3. The average Bonchev–Trinajstić information content (AvgIpc) is 3.43. The number of amides is 1. The number of aryl methyl sites for hydroxylation is 1. The molecule has 4 aromatic rings. The zero-order valence-electron chi connectivity index (χ0n) is 18.1. The van der Waals surface area contributed by atoms with Crippen molar-refractivity contribution >= 4 is 11.4 Å². The molecule has 1 aliphatic heterocycles. The lowest BCUT2D eigenvalue weighted by molar-refractivity contribution is -0.130. The van der Waals surface area contributed by atoms with Gasteiger partial charge in [-0.15, -0.1) is 0 Å². The summed E-state index contributed by atoms with van der Waals surface area (Å²) in [6.07, 6.45) is 8.59. The van der Waals surface area contributed by atoms with Gasteiger partial charge in [-0.25, -0.2) is 4.52 Å². The van der Waals surface area contributed by atoms with Crippen LogP contribution in [0.5, 0.6) is 0 Å². The molecule has 1 aromatic carbocycles. The molecule has 1 saturated heterocycles. The lowest BCUT2D eigenvalue weighted by Gasteiger charge is -2.35. The van der Waals surface area contributed by atoms with Crippen molar-refractivity contribution in [1.29, 1.82) is 5.26 Å². The van der Waals surface area contributed by atoms with Crippen LogP contribution in [0.4, 0.5) is 0 Å². The van der Waals surface area contributed by atoms with Gasteiger partial charge in [0.15, 0.2) is 0 Å². The number of hydrogen-bond donors (Lipinski definition) is 0. The Balaban J connectivity index is 1.46. The van der Waals surface area contributed by atoms with Gasteiger partial charge in [0, 0.05) is 54.8 Å². The van der Waals surface area contributed by atoms with E-state index in [0.717, 1.165) is 33.3 Å². The summed E-state index contributed by atoms with van der Waals surface area (Å²) in [5.74, 6) is 6.58. The van der Waals surface area contributed by atoms with Crippen molar-refractivity contribution in [3.05, 3.63) is 78.9 Å². The van der Waals surface area contributed by atoms with Crippen molar-refractivity contribution in [3.63, 3.8) is 0 Å². The molecule has 1 fully saturated rings. The van der Waals surface area contributed by atoms with Crippen LogP contribution in [0, 0.1) is 29.1 Å². The monoisotopic (exact) mass is 432 g/mol. The molecule has 1 aliphatic rings. The van der Waals surface area contributed by atoms with Crippen LogP contribution >= 0.6 is 0 Å². The van der Waals surface area contributed by atoms with Crippen molar-refractivity contribution in [1.82, 2.24) is 24.3 Å². The van der Waals surface area contributed by atoms with Crippen LogP contribution in [0.15, 0.2) is 67.8 Å². The molecule has 160 valence electrons. The molecule has 7 nitrogen and oxygen atoms in total. The summed E-state index contributed by atoms with van der Waals surface area (Å²) in [7, 11) is 1.88. The van der Waals surface area contributed by atoms with Crippen LogP contribution < -0.4 is 0 Å². The Kier molecular flexibility index (Phi) is 5.01. The molecule has 7 heteroatoms. The summed E-state index contributed by atoms with van der Waals surface area (Å²) in [5.41, 5.74) is 6.02. The second-order valence-corrected chi connectivity index (χ2v) is 8.00. The highest BCUT2D eigenvalue weighted by atomic mass is 16.2. The van der Waals surface area contributed by atoms with E-state index in [1.54, 1.807) is 20.3 Å². The number of nitrogens with zero attached hydrogens (tertiary/aromatic N) is 6. The summed E-state index contributed by atoms with van der Waals surface area (Å²) >= 11 is 0. The van der Waals surface area contributed by atoms with Crippen LogP contribution in [-0.2, 0) is 11.8 Å². The molecule has 0 bridgehead atoms. The van der Waals surface area contributed by atoms with Gasteiger partial charge in [0.1, 0.15) is 6.07 Å². The Bertz CT molecular complexity index is 1480. The first-order chi connectivity index (χ1) is 16.1. The molecule has 0 N–H and O–H groups in total. The number of carbonyl (C=O) groups excluding carboxylic acids is 1. The first-order valence-electron chi connectivity index (χ1n) is 10.5. The molecule has 4 heterocycles. The highest BCUT2D eigenvalue weighted by molar-refractivity contribution is 5.88. The van der Waals surface area contributed by atoms with Gasteiger partial charge in [-0.3, -0.25) is 9.48 Å². The van der Waals surface area contributed by atoms with Crippen LogP contribution in [0.1, 0.15) is 11.1 Å². The third kappa shape index (κ3) is 3.77. The summed E-state index contributed by atoms with van der Waals surface area (Å²) < 4.78 is 3.50. The molecule has 0 unspecified atom stereocenters. The van der Waals surface area contributed by atoms with E-state index < -0.39 is 0 Å². The van der Waals surface area contributed by atoms with E-state index in [1.807, 2.05) is 49.9 Å². The smallest absolute Gasteiger partial charge is 0.246 e. The molecule has 3 aromatic heterocycles. The molecule has 0 atom stereocenters. The number of carbonyl (C=O) groups is 1. The number of aromatic nitrogens is 4. The number of benzene rings is 1. The topological polar surface area (TPSA) is 79.2 Å². The maximum atomic E-state index is 11.5. The summed E-state index contributed by atoms with van der Waals surface area (Å²) in [6, 6.07) is 12.3. The molecule has 0 saturated carbocycles. The van der Waals surface area contributed by atoms with Gasteiger partial charge in [0.2, 0.25) is 5.91 Å². The lowest BCUT2D eigenvalue weighted by Crippen LogP contribution is -2.48. The number of likely N-dealkylation sites (tertiary alicyclic amines) is 1. The van der Waals surface area contributed by atoms with E-state index in [-0.39, 0.29) is 11.8 Å². The Hall–Kier alpha value is -4.62. The molecule has 5 rings (SSSR count). The normalized spacial score (nSPS) is 13.2. The van der Waals surface area contributed by atoms with E-state index in [0.29, 0.717) is 18.7 Å². The Morgan fingerprint density at radius 3 is 2.58 bits per heavy atom. The fourth-order valence-corrected chi connectivity index (χ4v) is 3.95. The minimum Gasteiger partial charge on any atom is -0.337 e. The van der Waals surface area contributed by atoms with Gasteiger partial charge in [0.05, 0.1) is 29.4 Å². The van der Waals surface area contributed by atoms with E-state index >= 15 is 0 Å². The Labute approximate surface area is 191 Å². The molecular formula is C26H20N6O. The summed E-state index contributed by atoms with van der Waals surface area (Å²) in [6.45, 7) is 4.80. The highest BCUT2D eigenvalue weighted by Gasteiger charge is 2.27. The fourth-order valence-electron chi connectivity index (χ4n) is 3.95. The van der Waals surface area contributed by atoms with Crippen LogP contribution in [0.3, 0.4) is 0 Å². The summed E-state index contributed by atoms with van der Waals surface area (Å²) in [4.78, 5) is 13.3. The van der Waals surface area contributed by atoms with Crippen LogP contribution in [-0.4, -0.2) is 43.3 Å². The SMILES string of the molecule is C=CC(=O)N1CC(C#Cc2ccc(-c3cc(-c4cnn(C)c4)cn4ncc(C#N)c34)cc2)C1. The quantitative estimate of drug-likeness (QED) is 0.368. The highest BCUT2D eigenvalue weighted by Crippen LogP contribution is 2.32. The third-order valence-electron chi connectivity index (χ3n) is 5.75. The van der Waals surface area contributed by atoms with Gasteiger partial charge in [-0.1, -0.05) is 30.6 Å². The lowest BCUT2D eigenvalue weighted by atomic mass is 9.98. The first kappa shape index (κ1) is 20.3. The number of nitriles is 1. The average molecular weight is 432 g/mol. The maximum absolute atomic E-state index is 11.5. The standard InChI is InChI=1S/C26H20N6O/c1-3-25(33)31-14-19(15-31)5-4-18-6-8-20(9-7-18)24-10-21(23-13-28-30(2)16-23)17-32-26(24)22(11-27)12-29-32/h3,6-10,12-13,16-17,19H,1,14-15H2,2H3. The van der Waals surface area contributed by atoms with Gasteiger partial charge in [0.25, 0.3) is 0 Å². The van der Waals surface area contributed by atoms with E-state index in [2.05, 4.69) is 40.8 Å². The largest absolute Gasteiger partial charge is 0.337 e.